The molecule has 1 atom stereocenters. The molecule has 0 aliphatic carbocycles. The first kappa shape index (κ1) is 15.2. The summed E-state index contributed by atoms with van der Waals surface area (Å²) < 4.78 is 17.4. The molecule has 0 saturated heterocycles. The molecule has 0 unspecified atom stereocenters. The largest absolute Gasteiger partial charge is 0.505 e. The minimum Gasteiger partial charge on any atom is -0.505 e. The molecule has 1 aromatic carbocycles. The number of aromatic hydroxyl groups is 1. The molecule has 5 nitrogen and oxygen atoms in total. The predicted octanol–water partition coefficient (Wildman–Crippen LogP) is 0.998. The van der Waals surface area contributed by atoms with Gasteiger partial charge in [0, 0.05) is 5.56 Å². The second kappa shape index (κ2) is 6.03. The fourth-order valence-electron chi connectivity index (χ4n) is 1.24. The number of benzene rings is 1. The van der Waals surface area contributed by atoms with Crippen molar-refractivity contribution in [3.05, 3.63) is 29.1 Å². The van der Waals surface area contributed by atoms with E-state index in [1.165, 1.54) is 0 Å². The molecule has 0 fully saturated rings. The minimum absolute atomic E-state index is 0. The van der Waals surface area contributed by atoms with Crippen molar-refractivity contribution in [2.24, 2.45) is 5.73 Å². The van der Waals surface area contributed by atoms with Gasteiger partial charge in [-0.05, 0) is 12.1 Å². The van der Waals surface area contributed by atoms with Crippen LogP contribution < -0.4 is 5.73 Å². The minimum atomic E-state index is -1.39. The number of esters is 1. The Kier molecular flexibility index (Phi) is 5.38. The molecule has 0 saturated carbocycles. The van der Waals surface area contributed by atoms with Crippen LogP contribution in [-0.2, 0) is 9.53 Å². The lowest BCUT2D eigenvalue weighted by Crippen LogP contribution is -2.23. The monoisotopic (exact) mass is 260 g/mol. The van der Waals surface area contributed by atoms with Crippen molar-refractivity contribution < 1.29 is 19.0 Å². The average Bonchev–Trinajstić information content (AvgIpc) is 2.30. The maximum absolute atomic E-state index is 13.1. The van der Waals surface area contributed by atoms with E-state index in [2.05, 4.69) is 4.74 Å². The van der Waals surface area contributed by atoms with E-state index >= 15 is 0 Å². The number of hydrogen-bond acceptors (Lipinski definition) is 5. The Morgan fingerprint density at radius 2 is 2.24 bits per heavy atom. The van der Waals surface area contributed by atoms with Gasteiger partial charge in [-0.15, -0.1) is 12.4 Å². The Bertz CT molecular complexity index is 473. The Morgan fingerprint density at radius 1 is 1.65 bits per heavy atom. The summed E-state index contributed by atoms with van der Waals surface area (Å²) in [6.45, 7) is 0. The van der Waals surface area contributed by atoms with Crippen LogP contribution in [0.2, 0.25) is 0 Å². The van der Waals surface area contributed by atoms with E-state index in [-0.39, 0.29) is 23.5 Å². The fourth-order valence-corrected chi connectivity index (χ4v) is 1.24. The summed E-state index contributed by atoms with van der Waals surface area (Å²) in [7, 11) is 1.10. The Balaban J connectivity index is 0.00000256. The summed E-state index contributed by atoms with van der Waals surface area (Å²) in [5.74, 6) is -2.62. The van der Waals surface area contributed by atoms with Crippen LogP contribution in [0.1, 0.15) is 17.2 Å². The molecule has 0 bridgehead atoms. The number of nitrogens with zero attached hydrogens (tertiary/aromatic N) is 1. The molecule has 3 N–H and O–H groups in total. The number of hydrogen-bond donors (Lipinski definition) is 2. The molecular formula is C10H10ClFN2O3. The number of ether oxygens (including phenoxy) is 1. The first-order valence-corrected chi connectivity index (χ1v) is 4.27. The van der Waals surface area contributed by atoms with Gasteiger partial charge < -0.3 is 15.6 Å². The van der Waals surface area contributed by atoms with E-state index < -0.39 is 23.6 Å². The number of phenols is 1. The average molecular weight is 261 g/mol. The molecule has 0 aliphatic heterocycles. The van der Waals surface area contributed by atoms with Crippen LogP contribution in [-0.4, -0.2) is 18.2 Å². The first-order valence-electron chi connectivity index (χ1n) is 4.27. The summed E-state index contributed by atoms with van der Waals surface area (Å²) in [5, 5.41) is 18.2. The highest BCUT2D eigenvalue weighted by Crippen LogP contribution is 2.29. The first-order chi connectivity index (χ1) is 7.52. The van der Waals surface area contributed by atoms with E-state index in [0.29, 0.717) is 0 Å². The van der Waals surface area contributed by atoms with Crippen molar-refractivity contribution in [1.29, 1.82) is 5.26 Å². The lowest BCUT2D eigenvalue weighted by atomic mass is 10.00. The molecule has 0 heterocycles. The summed E-state index contributed by atoms with van der Waals surface area (Å²) >= 11 is 0. The number of carbonyl (C=O) groups excluding carboxylic acids is 1. The van der Waals surface area contributed by atoms with Gasteiger partial charge in [-0.2, -0.15) is 5.26 Å². The number of nitrogens with two attached hydrogens (primary N) is 1. The summed E-state index contributed by atoms with van der Waals surface area (Å²) in [6, 6.07) is 2.37. The van der Waals surface area contributed by atoms with Crippen LogP contribution >= 0.6 is 12.4 Å². The number of halogens is 2. The van der Waals surface area contributed by atoms with E-state index in [9.17, 15) is 14.3 Å². The molecule has 1 aromatic rings. The molecule has 92 valence electrons. The van der Waals surface area contributed by atoms with Crippen LogP contribution in [0.4, 0.5) is 4.39 Å². The third kappa shape index (κ3) is 2.84. The highest BCUT2D eigenvalue weighted by Gasteiger charge is 2.25. The molecule has 0 aliphatic rings. The van der Waals surface area contributed by atoms with E-state index in [0.717, 1.165) is 19.2 Å². The Hall–Kier alpha value is -1.84. The number of rotatable bonds is 2. The van der Waals surface area contributed by atoms with E-state index in [1.54, 1.807) is 6.07 Å². The normalized spacial score (nSPS) is 10.9. The van der Waals surface area contributed by atoms with Gasteiger partial charge in [-0.25, -0.2) is 4.39 Å². The fraction of sp³-hybridized carbons (Fsp3) is 0.200. The van der Waals surface area contributed by atoms with Crippen LogP contribution in [0, 0.1) is 17.1 Å². The highest BCUT2D eigenvalue weighted by molar-refractivity contribution is 5.85. The van der Waals surface area contributed by atoms with Crippen LogP contribution in [0.15, 0.2) is 12.1 Å². The van der Waals surface area contributed by atoms with Gasteiger partial charge in [-0.3, -0.25) is 4.79 Å². The number of phenolic OH excluding ortho intramolecular Hbond substituents is 1. The second-order valence-corrected chi connectivity index (χ2v) is 2.97. The standard InChI is InChI=1S/C10H9FN2O3.ClH/c1-16-10(15)8(13)7-5(4-12)2-3-6(11)9(7)14;/h2-3,8,14H,13H2,1H3;1H/t8-;/m1./s1. The topological polar surface area (TPSA) is 96.3 Å². The smallest absolute Gasteiger partial charge is 0.327 e. The van der Waals surface area contributed by atoms with Crippen molar-refractivity contribution in [1.82, 2.24) is 0 Å². The van der Waals surface area contributed by atoms with Gasteiger partial charge in [0.2, 0.25) is 0 Å². The maximum Gasteiger partial charge on any atom is 0.327 e. The van der Waals surface area contributed by atoms with Gasteiger partial charge >= 0.3 is 5.97 Å². The van der Waals surface area contributed by atoms with Gasteiger partial charge in [0.05, 0.1) is 18.7 Å². The van der Waals surface area contributed by atoms with E-state index in [1.807, 2.05) is 0 Å². The maximum atomic E-state index is 13.1. The third-order valence-corrected chi connectivity index (χ3v) is 2.05. The van der Waals surface area contributed by atoms with Crippen molar-refractivity contribution >= 4 is 18.4 Å². The molecule has 0 radical (unpaired) electrons. The number of methoxy groups -OCH3 is 1. The number of nitriles is 1. The van der Waals surface area contributed by atoms with Gasteiger partial charge in [0.15, 0.2) is 11.6 Å². The predicted molar refractivity (Wildman–Crippen MR) is 59.0 cm³/mol. The second-order valence-electron chi connectivity index (χ2n) is 2.97. The third-order valence-electron chi connectivity index (χ3n) is 2.05. The van der Waals surface area contributed by atoms with Gasteiger partial charge in [-0.1, -0.05) is 0 Å². The zero-order chi connectivity index (χ0) is 12.3. The highest BCUT2D eigenvalue weighted by atomic mass is 35.5. The van der Waals surface area contributed by atoms with Gasteiger partial charge in [0.25, 0.3) is 0 Å². The lowest BCUT2D eigenvalue weighted by molar-refractivity contribution is -0.142. The summed E-state index contributed by atoms with van der Waals surface area (Å²) in [6.07, 6.45) is 0. The lowest BCUT2D eigenvalue weighted by Gasteiger charge is -2.13. The Morgan fingerprint density at radius 3 is 2.71 bits per heavy atom. The van der Waals surface area contributed by atoms with Crippen LogP contribution in [0.3, 0.4) is 0 Å². The Labute approximate surface area is 103 Å². The quantitative estimate of drug-likeness (QED) is 0.773. The summed E-state index contributed by atoms with van der Waals surface area (Å²) in [4.78, 5) is 11.2. The van der Waals surface area contributed by atoms with Crippen LogP contribution in [0.5, 0.6) is 5.75 Å². The van der Waals surface area contributed by atoms with Crippen molar-refractivity contribution in [2.75, 3.05) is 7.11 Å². The molecule has 7 heteroatoms. The van der Waals surface area contributed by atoms with Gasteiger partial charge in [0.1, 0.15) is 6.04 Å². The summed E-state index contributed by atoms with van der Waals surface area (Å²) in [5.41, 5.74) is 5.10. The molecule has 0 spiro atoms. The zero-order valence-corrected chi connectivity index (χ0v) is 9.62. The van der Waals surface area contributed by atoms with E-state index in [4.69, 9.17) is 11.0 Å². The molecule has 0 amide bonds. The molecule has 0 aromatic heterocycles. The molecule has 1 rings (SSSR count). The van der Waals surface area contributed by atoms with Crippen LogP contribution in [0.25, 0.3) is 0 Å². The van der Waals surface area contributed by atoms with Crippen molar-refractivity contribution in [3.8, 4) is 11.8 Å². The molecule has 17 heavy (non-hydrogen) atoms. The molecular weight excluding hydrogens is 251 g/mol. The van der Waals surface area contributed by atoms with Crippen molar-refractivity contribution in [2.45, 2.75) is 6.04 Å². The SMILES string of the molecule is COC(=O)[C@H](N)c1c(C#N)ccc(F)c1O.Cl. The number of carbonyl (C=O) groups is 1. The van der Waals surface area contributed by atoms with Crippen molar-refractivity contribution in [3.63, 3.8) is 0 Å². The zero-order valence-electron chi connectivity index (χ0n) is 8.81.